The van der Waals surface area contributed by atoms with Gasteiger partial charge in [0.25, 0.3) is 0 Å². The number of hydrogen-bond donors (Lipinski definition) is 0. The molecule has 1 atom stereocenters. The molecule has 0 bridgehead atoms. The van der Waals surface area contributed by atoms with Crippen LogP contribution in [0, 0.1) is 11.8 Å². The SMILES string of the molecule is CC(C)COP(=O)(CC(C)C)Oc1ccccc1. The van der Waals surface area contributed by atoms with Crippen molar-refractivity contribution in [3.05, 3.63) is 30.3 Å². The molecule has 0 saturated heterocycles. The summed E-state index contributed by atoms with van der Waals surface area (Å²) in [6.45, 7) is 8.54. The van der Waals surface area contributed by atoms with Gasteiger partial charge in [-0.3, -0.25) is 4.52 Å². The van der Waals surface area contributed by atoms with Crippen LogP contribution in [0.15, 0.2) is 30.3 Å². The predicted molar refractivity (Wildman–Crippen MR) is 75.2 cm³/mol. The van der Waals surface area contributed by atoms with Crippen LogP contribution in [0.1, 0.15) is 27.7 Å². The zero-order valence-corrected chi connectivity index (χ0v) is 12.5. The second kappa shape index (κ2) is 6.96. The van der Waals surface area contributed by atoms with Crippen molar-refractivity contribution in [3.63, 3.8) is 0 Å². The monoisotopic (exact) mass is 270 g/mol. The molecule has 1 aromatic carbocycles. The first-order chi connectivity index (χ1) is 8.41. The van der Waals surface area contributed by atoms with E-state index in [0.717, 1.165) is 0 Å². The van der Waals surface area contributed by atoms with E-state index in [1.54, 1.807) is 12.1 Å². The van der Waals surface area contributed by atoms with E-state index in [9.17, 15) is 4.57 Å². The third-order valence-corrected chi connectivity index (χ3v) is 4.39. The van der Waals surface area contributed by atoms with Crippen molar-refractivity contribution in [1.82, 2.24) is 0 Å². The smallest absolute Gasteiger partial charge is 0.379 e. The summed E-state index contributed by atoms with van der Waals surface area (Å²) in [5.74, 6) is 1.21. The second-order valence-electron chi connectivity index (χ2n) is 5.28. The van der Waals surface area contributed by atoms with Crippen LogP contribution in [0.4, 0.5) is 0 Å². The van der Waals surface area contributed by atoms with Gasteiger partial charge in [0.15, 0.2) is 0 Å². The van der Waals surface area contributed by atoms with E-state index >= 15 is 0 Å². The lowest BCUT2D eigenvalue weighted by atomic mass is 10.2. The molecule has 0 N–H and O–H groups in total. The predicted octanol–water partition coefficient (Wildman–Crippen LogP) is 4.59. The summed E-state index contributed by atoms with van der Waals surface area (Å²) in [6.07, 6.45) is 0.439. The molecule has 102 valence electrons. The minimum atomic E-state index is -3.05. The summed E-state index contributed by atoms with van der Waals surface area (Å²) in [6, 6.07) is 9.21. The fourth-order valence-electron chi connectivity index (χ4n) is 1.47. The van der Waals surface area contributed by atoms with E-state index in [2.05, 4.69) is 0 Å². The van der Waals surface area contributed by atoms with E-state index < -0.39 is 7.60 Å². The van der Waals surface area contributed by atoms with Crippen LogP contribution in [-0.4, -0.2) is 12.8 Å². The van der Waals surface area contributed by atoms with Crippen LogP contribution >= 0.6 is 7.60 Å². The Hall–Kier alpha value is -0.790. The van der Waals surface area contributed by atoms with Crippen LogP contribution in [0.2, 0.25) is 0 Å². The molecule has 3 nitrogen and oxygen atoms in total. The molecule has 0 spiro atoms. The van der Waals surface area contributed by atoms with Gasteiger partial charge >= 0.3 is 7.60 Å². The first kappa shape index (κ1) is 15.3. The van der Waals surface area contributed by atoms with E-state index in [1.165, 1.54) is 0 Å². The van der Waals surface area contributed by atoms with Gasteiger partial charge in [-0.15, -0.1) is 0 Å². The summed E-state index contributed by atoms with van der Waals surface area (Å²) in [5, 5.41) is 0. The first-order valence-electron chi connectivity index (χ1n) is 6.39. The van der Waals surface area contributed by atoms with E-state index in [1.807, 2.05) is 45.9 Å². The molecular weight excluding hydrogens is 247 g/mol. The molecule has 0 aromatic heterocycles. The second-order valence-corrected chi connectivity index (χ2v) is 7.31. The van der Waals surface area contributed by atoms with Crippen LogP contribution in [0.25, 0.3) is 0 Å². The third-order valence-electron chi connectivity index (χ3n) is 2.18. The fraction of sp³-hybridized carbons (Fsp3) is 0.571. The molecule has 1 aromatic rings. The highest BCUT2D eigenvalue weighted by molar-refractivity contribution is 7.54. The highest BCUT2D eigenvalue weighted by atomic mass is 31.2. The zero-order valence-electron chi connectivity index (χ0n) is 11.6. The minimum Gasteiger partial charge on any atom is -0.424 e. The van der Waals surface area contributed by atoms with Crippen LogP contribution in [0.5, 0.6) is 5.75 Å². The van der Waals surface area contributed by atoms with E-state index in [4.69, 9.17) is 9.05 Å². The normalized spacial score (nSPS) is 14.8. The average Bonchev–Trinajstić information content (AvgIpc) is 2.27. The lowest BCUT2D eigenvalue weighted by Crippen LogP contribution is -2.10. The zero-order chi connectivity index (χ0) is 13.6. The van der Waals surface area contributed by atoms with Gasteiger partial charge in [-0.25, -0.2) is 4.57 Å². The summed E-state index contributed by atoms with van der Waals surface area (Å²) in [5.41, 5.74) is 0. The van der Waals surface area contributed by atoms with Crippen molar-refractivity contribution in [3.8, 4) is 5.75 Å². The van der Waals surface area contributed by atoms with Crippen molar-refractivity contribution in [2.45, 2.75) is 27.7 Å². The van der Waals surface area contributed by atoms with Gasteiger partial charge < -0.3 is 4.52 Å². The highest BCUT2D eigenvalue weighted by Crippen LogP contribution is 2.50. The average molecular weight is 270 g/mol. The Morgan fingerprint density at radius 3 is 2.17 bits per heavy atom. The molecule has 0 aliphatic carbocycles. The van der Waals surface area contributed by atoms with Crippen LogP contribution < -0.4 is 4.52 Å². The molecule has 0 amide bonds. The number of hydrogen-bond acceptors (Lipinski definition) is 3. The largest absolute Gasteiger partial charge is 0.424 e. The summed E-state index contributed by atoms with van der Waals surface area (Å²) >= 11 is 0. The molecule has 18 heavy (non-hydrogen) atoms. The Kier molecular flexibility index (Phi) is 5.90. The lowest BCUT2D eigenvalue weighted by molar-refractivity contribution is 0.231. The van der Waals surface area contributed by atoms with E-state index in [-0.39, 0.29) is 5.92 Å². The quantitative estimate of drug-likeness (QED) is 0.680. The third kappa shape index (κ3) is 5.70. The summed E-state index contributed by atoms with van der Waals surface area (Å²) < 4.78 is 23.8. The van der Waals surface area contributed by atoms with Gasteiger partial charge in [-0.1, -0.05) is 45.9 Å². The molecule has 0 saturated carbocycles. The molecule has 1 rings (SSSR count). The molecule has 1 unspecified atom stereocenters. The van der Waals surface area contributed by atoms with Crippen molar-refractivity contribution in [1.29, 1.82) is 0 Å². The van der Waals surface area contributed by atoms with Gasteiger partial charge in [0.05, 0.1) is 12.8 Å². The minimum absolute atomic E-state index is 0.270. The van der Waals surface area contributed by atoms with Crippen molar-refractivity contribution >= 4 is 7.60 Å². The fourth-order valence-corrected chi connectivity index (χ4v) is 3.56. The summed E-state index contributed by atoms with van der Waals surface area (Å²) in [4.78, 5) is 0. The van der Waals surface area contributed by atoms with Crippen molar-refractivity contribution in [2.24, 2.45) is 11.8 Å². The Morgan fingerprint density at radius 1 is 1.06 bits per heavy atom. The van der Waals surface area contributed by atoms with Gasteiger partial charge in [-0.2, -0.15) is 0 Å². The molecule has 0 heterocycles. The standard InChI is InChI=1S/C14H23O3P/c1-12(2)10-16-18(15,11-13(3)4)17-14-8-6-5-7-9-14/h5-9,12-13H,10-11H2,1-4H3. The van der Waals surface area contributed by atoms with Crippen LogP contribution in [0.3, 0.4) is 0 Å². The van der Waals surface area contributed by atoms with E-state index in [0.29, 0.717) is 24.4 Å². The molecule has 0 radical (unpaired) electrons. The Morgan fingerprint density at radius 2 is 1.67 bits per heavy atom. The lowest BCUT2D eigenvalue weighted by Gasteiger charge is -2.21. The van der Waals surface area contributed by atoms with Gasteiger partial charge in [0.1, 0.15) is 5.75 Å². The Bertz CT molecular complexity index is 387. The number of benzene rings is 1. The van der Waals surface area contributed by atoms with Gasteiger partial charge in [0.2, 0.25) is 0 Å². The number of rotatable bonds is 7. The number of para-hydroxylation sites is 1. The molecule has 0 aliphatic rings. The summed E-state index contributed by atoms with van der Waals surface area (Å²) in [7, 11) is -3.05. The Balaban J connectivity index is 2.74. The maximum atomic E-state index is 12.7. The topological polar surface area (TPSA) is 35.5 Å². The van der Waals surface area contributed by atoms with Crippen molar-refractivity contribution in [2.75, 3.05) is 12.8 Å². The molecular formula is C14H23O3P. The highest BCUT2D eigenvalue weighted by Gasteiger charge is 2.27. The maximum Gasteiger partial charge on any atom is 0.379 e. The molecule has 4 heteroatoms. The maximum absolute atomic E-state index is 12.7. The molecule has 0 aliphatic heterocycles. The van der Waals surface area contributed by atoms with Gasteiger partial charge in [0, 0.05) is 0 Å². The van der Waals surface area contributed by atoms with Crippen LogP contribution in [-0.2, 0) is 9.09 Å². The Labute approximate surface area is 110 Å². The first-order valence-corrected chi connectivity index (χ1v) is 8.12. The van der Waals surface area contributed by atoms with Gasteiger partial charge in [-0.05, 0) is 24.0 Å². The van der Waals surface area contributed by atoms with Crippen molar-refractivity contribution < 1.29 is 13.6 Å². The molecule has 0 fully saturated rings.